The molecule has 1 aliphatic rings. The average Bonchev–Trinajstić information content (AvgIpc) is 2.44. The van der Waals surface area contributed by atoms with Gasteiger partial charge in [-0.2, -0.15) is 4.98 Å². The van der Waals surface area contributed by atoms with E-state index in [1.807, 2.05) is 13.0 Å². The second-order valence-electron chi connectivity index (χ2n) is 5.10. The summed E-state index contributed by atoms with van der Waals surface area (Å²) in [7, 11) is 0. The number of ether oxygens (including phenoxy) is 1. The number of hydrogen-bond donors (Lipinski definition) is 0. The molecule has 0 amide bonds. The van der Waals surface area contributed by atoms with Gasteiger partial charge in [-0.3, -0.25) is 0 Å². The maximum atomic E-state index is 5.97. The number of aryl methyl sites for hydroxylation is 1. The molecule has 1 aliphatic heterocycles. The minimum Gasteiger partial charge on any atom is -0.478 e. The van der Waals surface area contributed by atoms with Crippen molar-refractivity contribution in [1.82, 2.24) is 9.97 Å². The molecule has 0 N–H and O–H groups in total. The molecular formula is C14H22ClN3O. The predicted molar refractivity (Wildman–Crippen MR) is 78.2 cm³/mol. The van der Waals surface area contributed by atoms with Gasteiger partial charge in [0.25, 0.3) is 0 Å². The molecule has 1 aromatic rings. The second kappa shape index (κ2) is 6.94. The van der Waals surface area contributed by atoms with E-state index in [1.54, 1.807) is 0 Å². The number of halogens is 1. The maximum absolute atomic E-state index is 5.97. The minimum absolute atomic E-state index is 0.541. The van der Waals surface area contributed by atoms with Gasteiger partial charge >= 0.3 is 0 Å². The summed E-state index contributed by atoms with van der Waals surface area (Å²) >= 11 is 5.97. The molecule has 1 unspecified atom stereocenters. The number of alkyl halides is 1. The van der Waals surface area contributed by atoms with Gasteiger partial charge in [0.05, 0.1) is 6.61 Å². The highest BCUT2D eigenvalue weighted by molar-refractivity contribution is 6.18. The molecule has 0 saturated carbocycles. The summed E-state index contributed by atoms with van der Waals surface area (Å²) in [5, 5.41) is 0. The number of piperidine rings is 1. The van der Waals surface area contributed by atoms with Crippen LogP contribution >= 0.6 is 11.6 Å². The SMILES string of the molecule is CCCOc1cc(C)nc(N2CCCC(CCl)C2)n1. The third kappa shape index (κ3) is 3.96. The lowest BCUT2D eigenvalue weighted by Crippen LogP contribution is -2.37. The fourth-order valence-corrected chi connectivity index (χ4v) is 2.57. The van der Waals surface area contributed by atoms with Crippen molar-refractivity contribution < 1.29 is 4.74 Å². The molecule has 0 aliphatic carbocycles. The molecular weight excluding hydrogens is 262 g/mol. The Morgan fingerprint density at radius 3 is 3.05 bits per heavy atom. The van der Waals surface area contributed by atoms with Crippen molar-refractivity contribution in [1.29, 1.82) is 0 Å². The molecule has 0 radical (unpaired) electrons. The Kier molecular flexibility index (Phi) is 5.25. The van der Waals surface area contributed by atoms with Gasteiger partial charge in [0.1, 0.15) is 0 Å². The molecule has 2 heterocycles. The summed E-state index contributed by atoms with van der Waals surface area (Å²) in [6, 6.07) is 1.89. The summed E-state index contributed by atoms with van der Waals surface area (Å²) < 4.78 is 5.62. The Labute approximate surface area is 120 Å². The molecule has 19 heavy (non-hydrogen) atoms. The third-order valence-corrected chi connectivity index (χ3v) is 3.73. The van der Waals surface area contributed by atoms with E-state index in [0.29, 0.717) is 24.3 Å². The molecule has 1 aromatic heterocycles. The first-order valence-electron chi connectivity index (χ1n) is 7.02. The van der Waals surface area contributed by atoms with Crippen LogP contribution in [0.25, 0.3) is 0 Å². The molecule has 106 valence electrons. The fraction of sp³-hybridized carbons (Fsp3) is 0.714. The van der Waals surface area contributed by atoms with Gasteiger partial charge in [0, 0.05) is 30.7 Å². The molecule has 1 fully saturated rings. The molecule has 5 heteroatoms. The van der Waals surface area contributed by atoms with Crippen molar-refractivity contribution >= 4 is 17.5 Å². The molecule has 0 bridgehead atoms. The third-order valence-electron chi connectivity index (χ3n) is 3.29. The van der Waals surface area contributed by atoms with Crippen molar-refractivity contribution in [2.75, 3.05) is 30.5 Å². The summed E-state index contributed by atoms with van der Waals surface area (Å²) in [6.45, 7) is 6.71. The topological polar surface area (TPSA) is 38.2 Å². The zero-order valence-corrected chi connectivity index (χ0v) is 12.5. The van der Waals surface area contributed by atoms with Gasteiger partial charge in [-0.15, -0.1) is 11.6 Å². The number of nitrogens with zero attached hydrogens (tertiary/aromatic N) is 3. The van der Waals surface area contributed by atoms with Crippen molar-refractivity contribution in [3.63, 3.8) is 0 Å². The monoisotopic (exact) mass is 283 g/mol. The van der Waals surface area contributed by atoms with E-state index < -0.39 is 0 Å². The highest BCUT2D eigenvalue weighted by atomic mass is 35.5. The van der Waals surface area contributed by atoms with Crippen molar-refractivity contribution in [3.8, 4) is 5.88 Å². The van der Waals surface area contributed by atoms with Crippen LogP contribution in [-0.4, -0.2) is 35.5 Å². The number of aromatic nitrogens is 2. The lowest BCUT2D eigenvalue weighted by Gasteiger charge is -2.32. The van der Waals surface area contributed by atoms with Crippen LogP contribution in [0.4, 0.5) is 5.95 Å². The van der Waals surface area contributed by atoms with E-state index in [1.165, 1.54) is 6.42 Å². The van der Waals surface area contributed by atoms with Gasteiger partial charge in [-0.1, -0.05) is 6.92 Å². The number of rotatable bonds is 5. The minimum atomic E-state index is 0.541. The smallest absolute Gasteiger partial charge is 0.228 e. The first-order chi connectivity index (χ1) is 9.22. The van der Waals surface area contributed by atoms with Crippen LogP contribution in [-0.2, 0) is 0 Å². The van der Waals surface area contributed by atoms with Crippen LogP contribution in [0.2, 0.25) is 0 Å². The van der Waals surface area contributed by atoms with Crippen molar-refractivity contribution in [3.05, 3.63) is 11.8 Å². The molecule has 1 atom stereocenters. The molecule has 0 aromatic carbocycles. The summed E-state index contributed by atoms with van der Waals surface area (Å²) in [6.07, 6.45) is 3.33. The summed E-state index contributed by atoms with van der Waals surface area (Å²) in [4.78, 5) is 11.3. The average molecular weight is 284 g/mol. The van der Waals surface area contributed by atoms with Gasteiger partial charge < -0.3 is 9.64 Å². The van der Waals surface area contributed by atoms with Crippen LogP contribution < -0.4 is 9.64 Å². The molecule has 2 rings (SSSR count). The van der Waals surface area contributed by atoms with Crippen molar-refractivity contribution in [2.24, 2.45) is 5.92 Å². The number of anilines is 1. The molecule has 1 saturated heterocycles. The quantitative estimate of drug-likeness (QED) is 0.779. The molecule has 4 nitrogen and oxygen atoms in total. The maximum Gasteiger partial charge on any atom is 0.228 e. The van der Waals surface area contributed by atoms with Gasteiger partial charge in [-0.25, -0.2) is 4.98 Å². The largest absolute Gasteiger partial charge is 0.478 e. The summed E-state index contributed by atoms with van der Waals surface area (Å²) in [5.74, 6) is 2.71. The van der Waals surface area contributed by atoms with Gasteiger partial charge in [-0.05, 0) is 32.1 Å². The lowest BCUT2D eigenvalue weighted by atomic mass is 10.0. The van der Waals surface area contributed by atoms with Gasteiger partial charge in [0.15, 0.2) is 0 Å². The Morgan fingerprint density at radius 1 is 1.47 bits per heavy atom. The van der Waals surface area contributed by atoms with Crippen molar-refractivity contribution in [2.45, 2.75) is 33.1 Å². The van der Waals surface area contributed by atoms with E-state index in [-0.39, 0.29) is 0 Å². The van der Waals surface area contributed by atoms with E-state index in [0.717, 1.165) is 37.6 Å². The van der Waals surface area contributed by atoms with Gasteiger partial charge in [0.2, 0.25) is 11.8 Å². The Bertz CT molecular complexity index is 414. The number of hydrogen-bond acceptors (Lipinski definition) is 4. The predicted octanol–water partition coefficient (Wildman–Crippen LogP) is 3.03. The van der Waals surface area contributed by atoms with Crippen LogP contribution in [0.5, 0.6) is 5.88 Å². The molecule has 0 spiro atoms. The van der Waals surface area contributed by atoms with Crippen LogP contribution in [0.3, 0.4) is 0 Å². The fourth-order valence-electron chi connectivity index (χ4n) is 2.32. The zero-order chi connectivity index (χ0) is 13.7. The first-order valence-corrected chi connectivity index (χ1v) is 7.55. The van der Waals surface area contributed by atoms with E-state index in [2.05, 4.69) is 21.8 Å². The highest BCUT2D eigenvalue weighted by Gasteiger charge is 2.21. The standard InChI is InChI=1S/C14H22ClN3O/c1-3-7-19-13-8-11(2)16-14(17-13)18-6-4-5-12(9-15)10-18/h8,12H,3-7,9-10H2,1-2H3. The summed E-state index contributed by atoms with van der Waals surface area (Å²) in [5.41, 5.74) is 0.948. The normalized spacial score (nSPS) is 19.5. The van der Waals surface area contributed by atoms with Crippen LogP contribution in [0, 0.1) is 12.8 Å². The Hall–Kier alpha value is -1.03. The van der Waals surface area contributed by atoms with Crippen LogP contribution in [0.15, 0.2) is 6.07 Å². The van der Waals surface area contributed by atoms with E-state index in [9.17, 15) is 0 Å². The Balaban J connectivity index is 2.11. The van der Waals surface area contributed by atoms with E-state index >= 15 is 0 Å². The lowest BCUT2D eigenvalue weighted by molar-refractivity contribution is 0.304. The second-order valence-corrected chi connectivity index (χ2v) is 5.41. The Morgan fingerprint density at radius 2 is 2.32 bits per heavy atom. The van der Waals surface area contributed by atoms with E-state index in [4.69, 9.17) is 16.3 Å². The highest BCUT2D eigenvalue weighted by Crippen LogP contribution is 2.23. The first kappa shape index (κ1) is 14.4. The zero-order valence-electron chi connectivity index (χ0n) is 11.7. The van der Waals surface area contributed by atoms with Crippen LogP contribution in [0.1, 0.15) is 31.9 Å².